The lowest BCUT2D eigenvalue weighted by molar-refractivity contribution is 0.384. The van der Waals surface area contributed by atoms with Gasteiger partial charge in [0, 0.05) is 11.8 Å². The highest BCUT2D eigenvalue weighted by Gasteiger charge is 2.40. The van der Waals surface area contributed by atoms with E-state index in [1.807, 2.05) is 0 Å². The van der Waals surface area contributed by atoms with E-state index < -0.39 is 19.4 Å². The molecule has 1 aromatic rings. The highest BCUT2D eigenvalue weighted by Crippen LogP contribution is 2.47. The molecule has 1 atom stereocenters. The molecule has 114 valence electrons. The van der Waals surface area contributed by atoms with Crippen LogP contribution in [0.25, 0.3) is 0 Å². The van der Waals surface area contributed by atoms with Crippen molar-refractivity contribution >= 4 is 41.7 Å². The molecule has 1 aromatic carbocycles. The van der Waals surface area contributed by atoms with Crippen molar-refractivity contribution in [2.75, 3.05) is 20.5 Å². The van der Waals surface area contributed by atoms with Gasteiger partial charge in [0.15, 0.2) is 9.84 Å². The third kappa shape index (κ3) is 3.14. The molecule has 0 bridgehead atoms. The average molecular weight is 430 g/mol. The summed E-state index contributed by atoms with van der Waals surface area (Å²) in [5.74, 6) is 1.19. The zero-order chi connectivity index (χ0) is 15.7. The summed E-state index contributed by atoms with van der Waals surface area (Å²) in [6.07, 6.45) is 1.23. The molecule has 1 unspecified atom stereocenters. The van der Waals surface area contributed by atoms with Crippen molar-refractivity contribution < 1.29 is 17.9 Å². The maximum Gasteiger partial charge on any atom is 0.154 e. The Labute approximate surface area is 137 Å². The van der Waals surface area contributed by atoms with Crippen molar-refractivity contribution in [3.05, 3.63) is 22.2 Å². The van der Waals surface area contributed by atoms with Crippen LogP contribution in [0.15, 0.2) is 16.6 Å². The number of sulfone groups is 1. The number of rotatable bonds is 5. The van der Waals surface area contributed by atoms with Crippen molar-refractivity contribution in [2.45, 2.75) is 23.4 Å². The third-order valence-corrected chi connectivity index (χ3v) is 8.19. The van der Waals surface area contributed by atoms with Crippen LogP contribution in [0.1, 0.15) is 24.2 Å². The Morgan fingerprint density at radius 2 is 1.75 bits per heavy atom. The second-order valence-corrected chi connectivity index (χ2v) is 9.25. The van der Waals surface area contributed by atoms with Crippen LogP contribution in [-0.2, 0) is 9.84 Å². The standard InChI is InChI=1S/C13H18Br2O4S/c1-13(2,20(5,16)17)12(15)8-6-7-9(18-3)10(14)11(8)19-4/h6-7,12H,1-5H3. The smallest absolute Gasteiger partial charge is 0.154 e. The average Bonchev–Trinajstić information content (AvgIpc) is 2.36. The van der Waals surface area contributed by atoms with Gasteiger partial charge in [-0.15, -0.1) is 0 Å². The fourth-order valence-corrected chi connectivity index (χ4v) is 4.25. The minimum absolute atomic E-state index is 0.415. The van der Waals surface area contributed by atoms with Gasteiger partial charge in [0.05, 0.1) is 23.8 Å². The fraction of sp³-hybridized carbons (Fsp3) is 0.538. The fourth-order valence-electron chi connectivity index (χ4n) is 1.68. The van der Waals surface area contributed by atoms with E-state index in [0.717, 1.165) is 5.56 Å². The first kappa shape index (κ1) is 17.8. The second kappa shape index (κ2) is 6.23. The molecule has 20 heavy (non-hydrogen) atoms. The molecule has 0 amide bonds. The highest BCUT2D eigenvalue weighted by molar-refractivity contribution is 9.10. The van der Waals surface area contributed by atoms with E-state index >= 15 is 0 Å². The van der Waals surface area contributed by atoms with Gasteiger partial charge in [0.2, 0.25) is 0 Å². The number of ether oxygens (including phenoxy) is 2. The Morgan fingerprint density at radius 3 is 2.15 bits per heavy atom. The van der Waals surface area contributed by atoms with E-state index in [-0.39, 0.29) is 0 Å². The monoisotopic (exact) mass is 428 g/mol. The maximum atomic E-state index is 12.0. The Hall–Kier alpha value is -0.270. The Morgan fingerprint density at radius 1 is 1.20 bits per heavy atom. The molecule has 0 aliphatic carbocycles. The number of halogens is 2. The number of alkyl halides is 1. The van der Waals surface area contributed by atoms with Gasteiger partial charge in [0.25, 0.3) is 0 Å². The molecular weight excluding hydrogens is 412 g/mol. The number of hydrogen-bond acceptors (Lipinski definition) is 4. The van der Waals surface area contributed by atoms with Crippen molar-refractivity contribution in [3.8, 4) is 11.5 Å². The van der Waals surface area contributed by atoms with Crippen LogP contribution in [0.5, 0.6) is 11.5 Å². The lowest BCUT2D eigenvalue weighted by atomic mass is 10.0. The van der Waals surface area contributed by atoms with Gasteiger partial charge in [-0.2, -0.15) is 0 Å². The summed E-state index contributed by atoms with van der Waals surface area (Å²) in [6.45, 7) is 3.36. The minimum atomic E-state index is -3.25. The summed E-state index contributed by atoms with van der Waals surface area (Å²) in [7, 11) is -0.154. The molecule has 0 radical (unpaired) electrons. The van der Waals surface area contributed by atoms with Gasteiger partial charge in [-0.05, 0) is 35.8 Å². The summed E-state index contributed by atoms with van der Waals surface area (Å²) in [5.41, 5.74) is 0.746. The summed E-state index contributed by atoms with van der Waals surface area (Å²) < 4.78 is 34.2. The molecule has 0 aliphatic heterocycles. The third-order valence-electron chi connectivity index (χ3n) is 3.36. The largest absolute Gasteiger partial charge is 0.495 e. The summed E-state index contributed by atoms with van der Waals surface area (Å²) >= 11 is 6.91. The van der Waals surface area contributed by atoms with Crippen molar-refractivity contribution in [1.29, 1.82) is 0 Å². The number of hydrogen-bond donors (Lipinski definition) is 0. The lowest BCUT2D eigenvalue weighted by Gasteiger charge is -2.30. The summed E-state index contributed by atoms with van der Waals surface area (Å²) in [6, 6.07) is 3.57. The van der Waals surface area contributed by atoms with E-state index in [4.69, 9.17) is 9.47 Å². The molecule has 7 heteroatoms. The van der Waals surface area contributed by atoms with Crippen LogP contribution in [-0.4, -0.2) is 33.6 Å². The molecule has 0 fully saturated rings. The quantitative estimate of drug-likeness (QED) is 0.669. The molecule has 4 nitrogen and oxygen atoms in total. The molecule has 0 spiro atoms. The van der Waals surface area contributed by atoms with E-state index in [9.17, 15) is 8.42 Å². The van der Waals surface area contributed by atoms with Crippen LogP contribution in [0.2, 0.25) is 0 Å². The zero-order valence-corrected chi connectivity index (χ0v) is 16.0. The number of methoxy groups -OCH3 is 2. The minimum Gasteiger partial charge on any atom is -0.495 e. The predicted octanol–water partition coefficient (Wildman–Crippen LogP) is 3.73. The molecule has 0 N–H and O–H groups in total. The van der Waals surface area contributed by atoms with Crippen LogP contribution in [0.4, 0.5) is 0 Å². The van der Waals surface area contributed by atoms with E-state index in [0.29, 0.717) is 16.0 Å². The van der Waals surface area contributed by atoms with E-state index in [2.05, 4.69) is 31.9 Å². The van der Waals surface area contributed by atoms with Gasteiger partial charge in [-0.25, -0.2) is 8.42 Å². The van der Waals surface area contributed by atoms with Crippen molar-refractivity contribution in [1.82, 2.24) is 0 Å². The van der Waals surface area contributed by atoms with E-state index in [1.54, 1.807) is 33.1 Å². The Balaban J connectivity index is 3.45. The first-order valence-electron chi connectivity index (χ1n) is 5.82. The lowest BCUT2D eigenvalue weighted by Crippen LogP contribution is -2.35. The van der Waals surface area contributed by atoms with Crippen LogP contribution < -0.4 is 9.47 Å². The molecule has 1 rings (SSSR count). The SMILES string of the molecule is COc1ccc(C(Br)C(C)(C)S(C)(=O)=O)c(OC)c1Br. The van der Waals surface area contributed by atoms with Gasteiger partial charge < -0.3 is 9.47 Å². The summed E-state index contributed by atoms with van der Waals surface area (Å²) in [4.78, 5) is -0.415. The van der Waals surface area contributed by atoms with Gasteiger partial charge in [0.1, 0.15) is 16.0 Å². The first-order valence-corrected chi connectivity index (χ1v) is 9.42. The molecule has 0 aliphatic rings. The topological polar surface area (TPSA) is 52.6 Å². The molecule has 0 saturated heterocycles. The normalized spacial score (nSPS) is 13.9. The van der Waals surface area contributed by atoms with Gasteiger partial charge in [-0.3, -0.25) is 0 Å². The molecule has 0 saturated carbocycles. The number of benzene rings is 1. The molecular formula is C13H18Br2O4S. The Kier molecular flexibility index (Phi) is 5.54. The molecule has 0 heterocycles. The van der Waals surface area contributed by atoms with Gasteiger partial charge in [-0.1, -0.05) is 22.0 Å². The second-order valence-electron chi connectivity index (χ2n) is 4.94. The predicted molar refractivity (Wildman–Crippen MR) is 87.8 cm³/mol. The van der Waals surface area contributed by atoms with E-state index in [1.165, 1.54) is 13.4 Å². The summed E-state index contributed by atoms with van der Waals surface area (Å²) in [5, 5.41) is 0. The maximum absolute atomic E-state index is 12.0. The van der Waals surface area contributed by atoms with Crippen LogP contribution >= 0.6 is 31.9 Å². The van der Waals surface area contributed by atoms with Gasteiger partial charge >= 0.3 is 0 Å². The highest BCUT2D eigenvalue weighted by atomic mass is 79.9. The van der Waals surface area contributed by atoms with Crippen molar-refractivity contribution in [2.24, 2.45) is 0 Å². The van der Waals surface area contributed by atoms with Crippen LogP contribution in [0, 0.1) is 0 Å². The Bertz CT molecular complexity index is 597. The van der Waals surface area contributed by atoms with Crippen molar-refractivity contribution in [3.63, 3.8) is 0 Å². The zero-order valence-electron chi connectivity index (χ0n) is 12.0. The van der Waals surface area contributed by atoms with Crippen LogP contribution in [0.3, 0.4) is 0 Å². The molecule has 0 aromatic heterocycles. The first-order chi connectivity index (χ1) is 9.07.